The molecule has 1 aromatic heterocycles. The van der Waals surface area contributed by atoms with Crippen LogP contribution in [-0.2, 0) is 15.8 Å². The van der Waals surface area contributed by atoms with Gasteiger partial charge in [0.15, 0.2) is 0 Å². The highest BCUT2D eigenvalue weighted by atomic mass is 32.2. The molecule has 0 spiro atoms. The van der Waals surface area contributed by atoms with Gasteiger partial charge in [0, 0.05) is 17.8 Å². The van der Waals surface area contributed by atoms with Gasteiger partial charge in [-0.25, -0.2) is 13.6 Å². The van der Waals surface area contributed by atoms with Gasteiger partial charge in [-0.05, 0) is 6.92 Å². The smallest absolute Gasteiger partial charge is 0.214 e. The lowest BCUT2D eigenvalue weighted by Gasteiger charge is -2.04. The fraction of sp³-hybridized carbons (Fsp3) is 0.375. The number of ether oxygens (including phenoxy) is 1. The molecule has 0 aliphatic carbocycles. The summed E-state index contributed by atoms with van der Waals surface area (Å²) in [7, 11) is -2.03. The Kier molecular flexibility index (Phi) is 3.07. The van der Waals surface area contributed by atoms with E-state index >= 15 is 0 Å². The fourth-order valence-corrected chi connectivity index (χ4v) is 1.66. The fourth-order valence-electron chi connectivity index (χ4n) is 1.10. The van der Waals surface area contributed by atoms with Gasteiger partial charge in [-0.3, -0.25) is 4.98 Å². The number of aromatic nitrogens is 1. The Hall–Kier alpha value is -1.14. The minimum atomic E-state index is -3.54. The second-order valence-electron chi connectivity index (χ2n) is 2.95. The summed E-state index contributed by atoms with van der Waals surface area (Å²) in [6, 6.07) is 3.27. The zero-order valence-electron chi connectivity index (χ0n) is 8.02. The van der Waals surface area contributed by atoms with Gasteiger partial charge in [0.1, 0.15) is 11.5 Å². The summed E-state index contributed by atoms with van der Waals surface area (Å²) in [6.45, 7) is 1.76. The second-order valence-corrected chi connectivity index (χ2v) is 4.56. The molecule has 0 unspecified atom stereocenters. The second kappa shape index (κ2) is 3.93. The van der Waals surface area contributed by atoms with E-state index in [0.29, 0.717) is 17.1 Å². The molecule has 1 rings (SSSR count). The highest BCUT2D eigenvalue weighted by Gasteiger charge is 2.08. The molecule has 1 aromatic rings. The van der Waals surface area contributed by atoms with Crippen molar-refractivity contribution in [3.05, 3.63) is 23.5 Å². The summed E-state index contributed by atoms with van der Waals surface area (Å²) in [6.07, 6.45) is 0. The molecule has 5 nitrogen and oxygen atoms in total. The standard InChI is InChI=1S/C8H12N2O3S/c1-6-3-8(13-2)4-7(10-6)5-14(9,11)12/h3-4H,5H2,1-2H3,(H2,9,11,12). The van der Waals surface area contributed by atoms with Crippen LogP contribution in [-0.4, -0.2) is 20.5 Å². The van der Waals surface area contributed by atoms with E-state index in [1.165, 1.54) is 7.11 Å². The molecular formula is C8H12N2O3S. The number of hydrogen-bond acceptors (Lipinski definition) is 4. The minimum Gasteiger partial charge on any atom is -0.497 e. The zero-order valence-corrected chi connectivity index (χ0v) is 8.84. The Morgan fingerprint density at radius 2 is 2.14 bits per heavy atom. The Bertz CT molecular complexity index is 428. The molecule has 0 radical (unpaired) electrons. The highest BCUT2D eigenvalue weighted by molar-refractivity contribution is 7.88. The van der Waals surface area contributed by atoms with Crippen LogP contribution in [0.15, 0.2) is 12.1 Å². The molecule has 0 aliphatic heterocycles. The molecule has 2 N–H and O–H groups in total. The van der Waals surface area contributed by atoms with Gasteiger partial charge in [0.2, 0.25) is 10.0 Å². The number of nitrogens with zero attached hydrogens (tertiary/aromatic N) is 1. The van der Waals surface area contributed by atoms with Crippen LogP contribution in [0.4, 0.5) is 0 Å². The quantitative estimate of drug-likeness (QED) is 0.781. The summed E-state index contributed by atoms with van der Waals surface area (Å²) >= 11 is 0. The largest absolute Gasteiger partial charge is 0.497 e. The van der Waals surface area contributed by atoms with E-state index in [1.54, 1.807) is 19.1 Å². The van der Waals surface area contributed by atoms with Gasteiger partial charge < -0.3 is 4.74 Å². The van der Waals surface area contributed by atoms with Crippen molar-refractivity contribution in [3.63, 3.8) is 0 Å². The predicted molar refractivity (Wildman–Crippen MR) is 52.3 cm³/mol. The molecule has 0 aromatic carbocycles. The van der Waals surface area contributed by atoms with Crippen LogP contribution in [0.25, 0.3) is 0 Å². The molecule has 6 heteroatoms. The van der Waals surface area contributed by atoms with Gasteiger partial charge in [0.05, 0.1) is 12.8 Å². The van der Waals surface area contributed by atoms with Crippen LogP contribution in [0.2, 0.25) is 0 Å². The Labute approximate surface area is 83.0 Å². The molecule has 0 saturated heterocycles. The van der Waals surface area contributed by atoms with Gasteiger partial charge >= 0.3 is 0 Å². The molecule has 0 aliphatic rings. The summed E-state index contributed by atoms with van der Waals surface area (Å²) in [4.78, 5) is 4.03. The normalized spacial score (nSPS) is 11.4. The summed E-state index contributed by atoms with van der Waals surface area (Å²) in [5.41, 5.74) is 1.09. The first-order valence-corrected chi connectivity index (χ1v) is 5.64. The number of hydrogen-bond donors (Lipinski definition) is 1. The van der Waals surface area contributed by atoms with Crippen molar-refractivity contribution >= 4 is 10.0 Å². The number of nitrogens with two attached hydrogens (primary N) is 1. The number of aryl methyl sites for hydroxylation is 1. The van der Waals surface area contributed by atoms with Gasteiger partial charge in [0.25, 0.3) is 0 Å². The molecule has 0 saturated carbocycles. The summed E-state index contributed by atoms with van der Waals surface area (Å²) < 4.78 is 26.6. The first kappa shape index (κ1) is 10.9. The highest BCUT2D eigenvalue weighted by Crippen LogP contribution is 2.14. The lowest BCUT2D eigenvalue weighted by molar-refractivity contribution is 0.413. The van der Waals surface area contributed by atoms with Crippen molar-refractivity contribution in [2.75, 3.05) is 7.11 Å². The predicted octanol–water partition coefficient (Wildman–Crippen LogP) is 0.187. The van der Waals surface area contributed by atoms with E-state index in [-0.39, 0.29) is 5.75 Å². The van der Waals surface area contributed by atoms with Crippen LogP contribution in [0, 0.1) is 6.92 Å². The molecule has 1 heterocycles. The maximum absolute atomic E-state index is 10.8. The van der Waals surface area contributed by atoms with Crippen LogP contribution in [0.1, 0.15) is 11.4 Å². The third-order valence-corrected chi connectivity index (χ3v) is 2.26. The van der Waals surface area contributed by atoms with Crippen molar-refractivity contribution in [2.24, 2.45) is 5.14 Å². The van der Waals surface area contributed by atoms with Crippen LogP contribution in [0.3, 0.4) is 0 Å². The number of sulfonamides is 1. The maximum Gasteiger partial charge on any atom is 0.214 e. The number of methoxy groups -OCH3 is 1. The number of pyridine rings is 1. The Morgan fingerprint density at radius 1 is 1.50 bits per heavy atom. The third-order valence-electron chi connectivity index (χ3n) is 1.56. The summed E-state index contributed by atoms with van der Waals surface area (Å²) in [5.74, 6) is 0.307. The van der Waals surface area contributed by atoms with Gasteiger partial charge in [-0.1, -0.05) is 0 Å². The van der Waals surface area contributed by atoms with E-state index in [1.807, 2.05) is 0 Å². The average molecular weight is 216 g/mol. The molecular weight excluding hydrogens is 204 g/mol. The number of primary sulfonamides is 1. The van der Waals surface area contributed by atoms with Crippen molar-refractivity contribution in [1.82, 2.24) is 4.98 Å². The van der Waals surface area contributed by atoms with E-state index in [0.717, 1.165) is 0 Å². The Morgan fingerprint density at radius 3 is 2.64 bits per heavy atom. The lowest BCUT2D eigenvalue weighted by atomic mass is 10.3. The van der Waals surface area contributed by atoms with Crippen LogP contribution >= 0.6 is 0 Å². The topological polar surface area (TPSA) is 82.3 Å². The zero-order chi connectivity index (χ0) is 10.8. The molecule has 78 valence electrons. The SMILES string of the molecule is COc1cc(C)nc(CS(N)(=O)=O)c1. The summed E-state index contributed by atoms with van der Waals surface area (Å²) in [5, 5.41) is 4.90. The van der Waals surface area contributed by atoms with Crippen LogP contribution < -0.4 is 9.88 Å². The van der Waals surface area contributed by atoms with Crippen molar-refractivity contribution in [2.45, 2.75) is 12.7 Å². The lowest BCUT2D eigenvalue weighted by Crippen LogP contribution is -2.15. The van der Waals surface area contributed by atoms with Crippen molar-refractivity contribution < 1.29 is 13.2 Å². The van der Waals surface area contributed by atoms with Crippen molar-refractivity contribution in [1.29, 1.82) is 0 Å². The van der Waals surface area contributed by atoms with E-state index in [2.05, 4.69) is 4.98 Å². The van der Waals surface area contributed by atoms with Gasteiger partial charge in [-0.2, -0.15) is 0 Å². The Balaban J connectivity index is 3.04. The minimum absolute atomic E-state index is 0.273. The first-order valence-electron chi connectivity index (χ1n) is 3.93. The van der Waals surface area contributed by atoms with E-state index in [9.17, 15) is 8.42 Å². The molecule has 0 atom stereocenters. The van der Waals surface area contributed by atoms with Crippen LogP contribution in [0.5, 0.6) is 5.75 Å². The van der Waals surface area contributed by atoms with E-state index in [4.69, 9.17) is 9.88 Å². The molecule has 0 fully saturated rings. The van der Waals surface area contributed by atoms with Crippen molar-refractivity contribution in [3.8, 4) is 5.75 Å². The molecule has 14 heavy (non-hydrogen) atoms. The third kappa shape index (κ3) is 3.31. The molecule has 0 bridgehead atoms. The number of rotatable bonds is 3. The van der Waals surface area contributed by atoms with E-state index < -0.39 is 10.0 Å². The maximum atomic E-state index is 10.8. The average Bonchev–Trinajstić information content (AvgIpc) is 1.99. The first-order chi connectivity index (χ1) is 6.40. The monoisotopic (exact) mass is 216 g/mol. The molecule has 0 amide bonds. The van der Waals surface area contributed by atoms with Gasteiger partial charge in [-0.15, -0.1) is 0 Å².